The van der Waals surface area contributed by atoms with Gasteiger partial charge >= 0.3 is 6.98 Å². The zero-order valence-electron chi connectivity index (χ0n) is 5.57. The van der Waals surface area contributed by atoms with Crippen LogP contribution in [0.3, 0.4) is 0 Å². The molecule has 1 rings (SSSR count). The SMILES string of the molecule is F[B-](F)(F)c1ccnc(Br)c1Br. The Hall–Kier alpha value is -0.0351. The van der Waals surface area contributed by atoms with Crippen LogP contribution >= 0.6 is 31.9 Å². The molecule has 0 bridgehead atoms. The monoisotopic (exact) mass is 302 g/mol. The summed E-state index contributed by atoms with van der Waals surface area (Å²) in [7, 11) is 0. The van der Waals surface area contributed by atoms with E-state index in [9.17, 15) is 12.9 Å². The number of hydrogen-bond acceptors (Lipinski definition) is 1. The first-order valence-corrected chi connectivity index (χ1v) is 4.51. The lowest BCUT2D eigenvalue weighted by atomic mass is 9.81. The van der Waals surface area contributed by atoms with E-state index in [-0.39, 0.29) is 9.08 Å². The van der Waals surface area contributed by atoms with E-state index in [1.54, 1.807) is 0 Å². The summed E-state index contributed by atoms with van der Waals surface area (Å²) < 4.78 is 36.8. The minimum atomic E-state index is -4.97. The van der Waals surface area contributed by atoms with Gasteiger partial charge in [0.25, 0.3) is 0 Å². The van der Waals surface area contributed by atoms with Gasteiger partial charge < -0.3 is 12.9 Å². The maximum absolute atomic E-state index is 12.2. The molecule has 66 valence electrons. The molecule has 1 nitrogen and oxygen atoms in total. The van der Waals surface area contributed by atoms with Crippen molar-refractivity contribution in [3.63, 3.8) is 0 Å². The Bertz CT molecular complexity index is 301. The molecule has 1 aromatic heterocycles. The van der Waals surface area contributed by atoms with Crippen LogP contribution in [-0.4, -0.2) is 12.0 Å². The average Bonchev–Trinajstić information content (AvgIpc) is 1.92. The first kappa shape index (κ1) is 10.0. The molecular weight excluding hydrogens is 302 g/mol. The van der Waals surface area contributed by atoms with Crippen LogP contribution in [0.5, 0.6) is 0 Å². The van der Waals surface area contributed by atoms with Crippen molar-refractivity contribution in [1.29, 1.82) is 0 Å². The van der Waals surface area contributed by atoms with Crippen LogP contribution in [0.1, 0.15) is 0 Å². The molecule has 0 N–H and O–H groups in total. The molecule has 0 aliphatic carbocycles. The number of pyridine rings is 1. The minimum Gasteiger partial charge on any atom is -0.445 e. The molecule has 7 heteroatoms. The van der Waals surface area contributed by atoms with Crippen LogP contribution in [0, 0.1) is 0 Å². The van der Waals surface area contributed by atoms with Gasteiger partial charge in [-0.1, -0.05) is 27.5 Å². The van der Waals surface area contributed by atoms with Crippen molar-refractivity contribution in [1.82, 2.24) is 4.98 Å². The van der Waals surface area contributed by atoms with Crippen LogP contribution in [0.2, 0.25) is 0 Å². The maximum atomic E-state index is 12.2. The van der Waals surface area contributed by atoms with Crippen molar-refractivity contribution in [3.05, 3.63) is 21.3 Å². The van der Waals surface area contributed by atoms with Crippen molar-refractivity contribution >= 4 is 44.3 Å². The number of aromatic nitrogens is 1. The fraction of sp³-hybridized carbons (Fsp3) is 0. The highest BCUT2D eigenvalue weighted by Crippen LogP contribution is 2.22. The van der Waals surface area contributed by atoms with Gasteiger partial charge in [0, 0.05) is 10.7 Å². The van der Waals surface area contributed by atoms with Gasteiger partial charge in [0.1, 0.15) is 4.60 Å². The lowest BCUT2D eigenvalue weighted by molar-refractivity contribution is 0.500. The minimum absolute atomic E-state index is 0.0440. The summed E-state index contributed by atoms with van der Waals surface area (Å²) >= 11 is 5.69. The highest BCUT2D eigenvalue weighted by molar-refractivity contribution is 9.13. The quantitative estimate of drug-likeness (QED) is 0.574. The Morgan fingerprint density at radius 3 is 2.25 bits per heavy atom. The Morgan fingerprint density at radius 2 is 1.83 bits per heavy atom. The third kappa shape index (κ3) is 2.01. The second kappa shape index (κ2) is 3.37. The van der Waals surface area contributed by atoms with E-state index < -0.39 is 12.4 Å². The van der Waals surface area contributed by atoms with Crippen LogP contribution in [0.25, 0.3) is 0 Å². The normalized spacial score (nSPS) is 11.8. The lowest BCUT2D eigenvalue weighted by Crippen LogP contribution is -2.35. The fourth-order valence-corrected chi connectivity index (χ4v) is 1.53. The zero-order valence-corrected chi connectivity index (χ0v) is 8.74. The molecule has 12 heavy (non-hydrogen) atoms. The van der Waals surface area contributed by atoms with Gasteiger partial charge in [0.05, 0.1) is 0 Å². The molecule has 0 aliphatic rings. The number of hydrogen-bond donors (Lipinski definition) is 0. The molecule has 0 atom stereocenters. The van der Waals surface area contributed by atoms with E-state index in [2.05, 4.69) is 36.8 Å². The fourth-order valence-electron chi connectivity index (χ4n) is 0.685. The largest absolute Gasteiger partial charge is 0.510 e. The molecule has 0 unspecified atom stereocenters. The molecule has 0 fully saturated rings. The van der Waals surface area contributed by atoms with Gasteiger partial charge in [0.2, 0.25) is 0 Å². The van der Waals surface area contributed by atoms with E-state index in [1.807, 2.05) is 0 Å². The average molecular weight is 304 g/mol. The van der Waals surface area contributed by atoms with Crippen molar-refractivity contribution in [2.24, 2.45) is 0 Å². The van der Waals surface area contributed by atoms with Crippen molar-refractivity contribution in [2.75, 3.05) is 0 Å². The molecule has 0 spiro atoms. The summed E-state index contributed by atoms with van der Waals surface area (Å²) in [5.41, 5.74) is -0.670. The summed E-state index contributed by atoms with van der Waals surface area (Å²) in [6.45, 7) is -4.97. The number of halogens is 5. The van der Waals surface area contributed by atoms with Crippen molar-refractivity contribution in [2.45, 2.75) is 0 Å². The van der Waals surface area contributed by atoms with Crippen LogP contribution < -0.4 is 5.46 Å². The molecule has 0 saturated carbocycles. The van der Waals surface area contributed by atoms with Gasteiger partial charge in [0.15, 0.2) is 0 Å². The summed E-state index contributed by atoms with van der Waals surface area (Å²) in [5.74, 6) is 0. The van der Waals surface area contributed by atoms with E-state index in [4.69, 9.17) is 0 Å². The molecule has 0 aromatic carbocycles. The summed E-state index contributed by atoms with van der Waals surface area (Å²) in [5, 5.41) is 0. The van der Waals surface area contributed by atoms with Gasteiger partial charge in [-0.2, -0.15) is 0 Å². The Kier molecular flexibility index (Phi) is 2.83. The predicted molar refractivity (Wildman–Crippen MR) is 48.3 cm³/mol. The van der Waals surface area contributed by atoms with E-state index in [0.717, 1.165) is 12.3 Å². The van der Waals surface area contributed by atoms with Crippen LogP contribution in [-0.2, 0) is 0 Å². The second-order valence-corrected chi connectivity index (χ2v) is 3.62. The Labute approximate surface area is 83.7 Å². The van der Waals surface area contributed by atoms with Gasteiger partial charge in [-0.25, -0.2) is 4.98 Å². The van der Waals surface area contributed by atoms with Gasteiger partial charge in [-0.05, 0) is 15.9 Å². The number of nitrogens with zero attached hydrogens (tertiary/aromatic N) is 1. The lowest BCUT2D eigenvalue weighted by Gasteiger charge is -2.16. The maximum Gasteiger partial charge on any atom is 0.510 e. The predicted octanol–water partition coefficient (Wildman–Crippen LogP) is 2.66. The summed E-state index contributed by atoms with van der Waals surface area (Å²) in [4.78, 5) is 3.63. The van der Waals surface area contributed by atoms with Crippen molar-refractivity contribution in [3.8, 4) is 0 Å². The standard InChI is InChI=1S/C5H2BBr2F3N/c7-4-3(6(9,10)11)1-2-12-5(4)8/h1-2H/q-1. The van der Waals surface area contributed by atoms with E-state index in [0.29, 0.717) is 0 Å². The van der Waals surface area contributed by atoms with E-state index in [1.165, 1.54) is 0 Å². The Balaban J connectivity index is 3.26. The summed E-state index contributed by atoms with van der Waals surface area (Å²) in [6, 6.07) is 0.939. The summed E-state index contributed by atoms with van der Waals surface area (Å²) in [6.07, 6.45) is 1.11. The third-order valence-electron chi connectivity index (χ3n) is 1.23. The third-order valence-corrected chi connectivity index (χ3v) is 3.20. The van der Waals surface area contributed by atoms with Gasteiger partial charge in [-0.3, -0.25) is 0 Å². The van der Waals surface area contributed by atoms with E-state index >= 15 is 0 Å². The number of rotatable bonds is 1. The van der Waals surface area contributed by atoms with Crippen molar-refractivity contribution < 1.29 is 12.9 Å². The van der Waals surface area contributed by atoms with Crippen LogP contribution in [0.4, 0.5) is 12.9 Å². The molecule has 0 amide bonds. The smallest absolute Gasteiger partial charge is 0.445 e. The Morgan fingerprint density at radius 1 is 1.25 bits per heavy atom. The zero-order chi connectivity index (χ0) is 9.35. The highest BCUT2D eigenvalue weighted by atomic mass is 79.9. The highest BCUT2D eigenvalue weighted by Gasteiger charge is 2.28. The molecule has 0 aliphatic heterocycles. The molecule has 1 aromatic rings. The first-order valence-electron chi connectivity index (χ1n) is 2.93. The topological polar surface area (TPSA) is 12.9 Å². The first-order chi connectivity index (χ1) is 5.43. The molecular formula is C5H2BBr2F3N-. The molecule has 1 heterocycles. The molecule has 0 radical (unpaired) electrons. The molecule has 0 saturated heterocycles. The van der Waals surface area contributed by atoms with Crippen LogP contribution in [0.15, 0.2) is 21.3 Å². The second-order valence-electron chi connectivity index (χ2n) is 2.08. The van der Waals surface area contributed by atoms with Gasteiger partial charge in [-0.15, -0.1) is 0 Å².